The van der Waals surface area contributed by atoms with Crippen LogP contribution in [-0.2, 0) is 20.9 Å². The van der Waals surface area contributed by atoms with Crippen molar-refractivity contribution in [2.24, 2.45) is 0 Å². The van der Waals surface area contributed by atoms with Gasteiger partial charge in [-0.15, -0.1) is 0 Å². The van der Waals surface area contributed by atoms with Crippen molar-refractivity contribution in [3.8, 4) is 0 Å². The molecule has 0 unspecified atom stereocenters. The van der Waals surface area contributed by atoms with Crippen LogP contribution in [0.25, 0.3) is 11.0 Å². The minimum atomic E-state index is -0.313. The molecule has 2 aliphatic rings. The molecule has 2 aromatic rings. The molecular formula is C19H25N5O3. The van der Waals surface area contributed by atoms with Crippen molar-refractivity contribution >= 4 is 22.8 Å². The standard InChI is InChI=1S/C19H25N5O3/c1-13(25)20-14-7-8-19(27-2)9-10-23(17(19)11-14)18(26)12-24-21-15-5-3-4-6-16(15)22-24/h3-6,14,17H,7-12H2,1-2H3,(H,20,25)/t14-,17+,19-/m1/s1. The summed E-state index contributed by atoms with van der Waals surface area (Å²) in [5.74, 6) is -0.0454. The van der Waals surface area contributed by atoms with Crippen LogP contribution in [0.4, 0.5) is 0 Å². The largest absolute Gasteiger partial charge is 0.376 e. The Morgan fingerprint density at radius 1 is 1.26 bits per heavy atom. The first-order valence-corrected chi connectivity index (χ1v) is 9.42. The normalized spacial score (nSPS) is 27.6. The second kappa shape index (κ2) is 6.92. The molecule has 0 bridgehead atoms. The van der Waals surface area contributed by atoms with Gasteiger partial charge < -0.3 is 15.0 Å². The maximum atomic E-state index is 13.0. The van der Waals surface area contributed by atoms with Crippen molar-refractivity contribution in [1.29, 1.82) is 0 Å². The fourth-order valence-electron chi connectivity index (χ4n) is 4.60. The Morgan fingerprint density at radius 2 is 1.96 bits per heavy atom. The van der Waals surface area contributed by atoms with Gasteiger partial charge in [-0.25, -0.2) is 0 Å². The first kappa shape index (κ1) is 17.9. The van der Waals surface area contributed by atoms with Crippen molar-refractivity contribution in [3.05, 3.63) is 24.3 Å². The summed E-state index contributed by atoms with van der Waals surface area (Å²) in [4.78, 5) is 27.8. The lowest BCUT2D eigenvalue weighted by atomic mass is 9.78. The SMILES string of the molecule is CO[C@@]12CC[C@@H](NC(C)=O)C[C@@H]1N(C(=O)Cn1nc3ccccc3n1)CC2. The molecule has 2 heterocycles. The summed E-state index contributed by atoms with van der Waals surface area (Å²) >= 11 is 0. The molecule has 1 aliphatic heterocycles. The predicted molar refractivity (Wildman–Crippen MR) is 98.8 cm³/mol. The molecule has 27 heavy (non-hydrogen) atoms. The zero-order chi connectivity index (χ0) is 19.0. The van der Waals surface area contributed by atoms with Gasteiger partial charge >= 0.3 is 0 Å². The Bertz CT molecular complexity index is 833. The molecule has 1 N–H and O–H groups in total. The van der Waals surface area contributed by atoms with Gasteiger partial charge in [0.1, 0.15) is 17.6 Å². The van der Waals surface area contributed by atoms with Crippen molar-refractivity contribution in [2.45, 2.75) is 56.8 Å². The van der Waals surface area contributed by atoms with E-state index in [-0.39, 0.29) is 36.0 Å². The van der Waals surface area contributed by atoms with Crippen LogP contribution < -0.4 is 5.32 Å². The number of rotatable bonds is 4. The van der Waals surface area contributed by atoms with Crippen molar-refractivity contribution in [3.63, 3.8) is 0 Å². The number of aromatic nitrogens is 3. The molecule has 8 nitrogen and oxygen atoms in total. The van der Waals surface area contributed by atoms with Gasteiger partial charge in [0.25, 0.3) is 0 Å². The average Bonchev–Trinajstić information content (AvgIpc) is 3.22. The summed E-state index contributed by atoms with van der Waals surface area (Å²) in [6.45, 7) is 2.30. The number of benzene rings is 1. The fourth-order valence-corrected chi connectivity index (χ4v) is 4.60. The number of nitrogens with one attached hydrogen (secondary N) is 1. The van der Waals surface area contributed by atoms with Gasteiger partial charge in [0.2, 0.25) is 11.8 Å². The van der Waals surface area contributed by atoms with E-state index >= 15 is 0 Å². The maximum absolute atomic E-state index is 13.0. The lowest BCUT2D eigenvalue weighted by Crippen LogP contribution is -2.56. The molecule has 1 saturated carbocycles. The number of amides is 2. The lowest BCUT2D eigenvalue weighted by Gasteiger charge is -2.43. The zero-order valence-electron chi connectivity index (χ0n) is 15.7. The van der Waals surface area contributed by atoms with Gasteiger partial charge in [-0.1, -0.05) is 12.1 Å². The van der Waals surface area contributed by atoms with Crippen molar-refractivity contribution in [2.75, 3.05) is 13.7 Å². The Kier molecular flexibility index (Phi) is 4.59. The second-order valence-corrected chi connectivity index (χ2v) is 7.51. The third-order valence-corrected chi connectivity index (χ3v) is 5.92. The highest BCUT2D eigenvalue weighted by atomic mass is 16.5. The number of methoxy groups -OCH3 is 1. The summed E-state index contributed by atoms with van der Waals surface area (Å²) in [7, 11) is 1.72. The molecule has 144 valence electrons. The van der Waals surface area contributed by atoms with Crippen molar-refractivity contribution in [1.82, 2.24) is 25.2 Å². The summed E-state index contributed by atoms with van der Waals surface area (Å²) in [6, 6.07) is 7.62. The van der Waals surface area contributed by atoms with Gasteiger partial charge in [0.05, 0.1) is 11.6 Å². The van der Waals surface area contributed by atoms with E-state index in [0.29, 0.717) is 13.0 Å². The number of hydrogen-bond donors (Lipinski definition) is 1. The fraction of sp³-hybridized carbons (Fsp3) is 0.579. The van der Waals surface area contributed by atoms with Gasteiger partial charge in [-0.3, -0.25) is 9.59 Å². The Morgan fingerprint density at radius 3 is 2.59 bits per heavy atom. The molecule has 0 spiro atoms. The Hall–Kier alpha value is -2.48. The molecule has 2 amide bonds. The van der Waals surface area contributed by atoms with Crippen LogP contribution >= 0.6 is 0 Å². The number of hydrogen-bond acceptors (Lipinski definition) is 5. The first-order chi connectivity index (χ1) is 13.0. The molecule has 0 radical (unpaired) electrons. The summed E-state index contributed by atoms with van der Waals surface area (Å²) in [6.07, 6.45) is 3.25. The van der Waals surface area contributed by atoms with Crippen LogP contribution in [0.2, 0.25) is 0 Å². The molecule has 2 fully saturated rings. The van der Waals surface area contributed by atoms with Crippen LogP contribution in [0.5, 0.6) is 0 Å². The van der Waals surface area contributed by atoms with Crippen LogP contribution in [0.3, 0.4) is 0 Å². The van der Waals surface area contributed by atoms with E-state index in [2.05, 4.69) is 15.5 Å². The minimum absolute atomic E-state index is 0.0114. The smallest absolute Gasteiger partial charge is 0.246 e. The minimum Gasteiger partial charge on any atom is -0.376 e. The number of likely N-dealkylation sites (tertiary alicyclic amines) is 1. The number of nitrogens with zero attached hydrogens (tertiary/aromatic N) is 4. The summed E-state index contributed by atoms with van der Waals surface area (Å²) in [5.41, 5.74) is 1.25. The second-order valence-electron chi connectivity index (χ2n) is 7.51. The van der Waals surface area contributed by atoms with Crippen LogP contribution in [0.1, 0.15) is 32.6 Å². The van der Waals surface area contributed by atoms with Gasteiger partial charge in [0.15, 0.2) is 0 Å². The molecule has 3 atom stereocenters. The van der Waals surface area contributed by atoms with E-state index in [4.69, 9.17) is 4.74 Å². The number of carbonyl (C=O) groups is 2. The van der Waals surface area contributed by atoms with E-state index in [0.717, 1.165) is 30.3 Å². The van der Waals surface area contributed by atoms with Crippen LogP contribution in [0.15, 0.2) is 24.3 Å². The van der Waals surface area contributed by atoms with Crippen molar-refractivity contribution < 1.29 is 14.3 Å². The third-order valence-electron chi connectivity index (χ3n) is 5.92. The maximum Gasteiger partial charge on any atom is 0.246 e. The topological polar surface area (TPSA) is 89.4 Å². The van der Waals surface area contributed by atoms with E-state index < -0.39 is 0 Å². The predicted octanol–water partition coefficient (Wildman–Crippen LogP) is 1.11. The van der Waals surface area contributed by atoms with Crippen LogP contribution in [0, 0.1) is 0 Å². The average molecular weight is 371 g/mol. The zero-order valence-corrected chi connectivity index (χ0v) is 15.7. The number of ether oxygens (including phenoxy) is 1. The monoisotopic (exact) mass is 371 g/mol. The highest BCUT2D eigenvalue weighted by Crippen LogP contribution is 2.42. The number of carbonyl (C=O) groups excluding carboxylic acids is 2. The van der Waals surface area contributed by atoms with E-state index in [1.54, 1.807) is 7.11 Å². The summed E-state index contributed by atoms with van der Waals surface area (Å²) < 4.78 is 5.89. The molecule has 1 aliphatic carbocycles. The summed E-state index contributed by atoms with van der Waals surface area (Å²) in [5, 5.41) is 11.8. The molecular weight excluding hydrogens is 346 g/mol. The van der Waals surface area contributed by atoms with E-state index in [9.17, 15) is 9.59 Å². The molecule has 1 aromatic heterocycles. The van der Waals surface area contributed by atoms with Gasteiger partial charge in [-0.05, 0) is 37.8 Å². The number of fused-ring (bicyclic) bond motifs is 2. The molecule has 1 saturated heterocycles. The quantitative estimate of drug-likeness (QED) is 0.870. The first-order valence-electron chi connectivity index (χ1n) is 9.42. The van der Waals surface area contributed by atoms with Gasteiger partial charge in [-0.2, -0.15) is 15.0 Å². The molecule has 1 aromatic carbocycles. The van der Waals surface area contributed by atoms with Gasteiger partial charge in [0, 0.05) is 26.6 Å². The van der Waals surface area contributed by atoms with E-state index in [1.165, 1.54) is 11.7 Å². The Balaban J connectivity index is 1.51. The third kappa shape index (κ3) is 3.29. The highest BCUT2D eigenvalue weighted by Gasteiger charge is 2.52. The highest BCUT2D eigenvalue weighted by molar-refractivity contribution is 5.78. The van der Waals surface area contributed by atoms with Crippen LogP contribution in [-0.4, -0.2) is 63.0 Å². The Labute approximate surface area is 157 Å². The molecule has 8 heteroatoms. The lowest BCUT2D eigenvalue weighted by molar-refractivity contribution is -0.138. The molecule has 4 rings (SSSR count). The van der Waals surface area contributed by atoms with E-state index in [1.807, 2.05) is 29.2 Å².